The predicted molar refractivity (Wildman–Crippen MR) is 65.0 cm³/mol. The molecule has 0 fully saturated rings. The van der Waals surface area contributed by atoms with E-state index in [1.54, 1.807) is 18.5 Å². The summed E-state index contributed by atoms with van der Waals surface area (Å²) in [5.74, 6) is -0.558. The Morgan fingerprint density at radius 3 is 2.72 bits per heavy atom. The van der Waals surface area contributed by atoms with Gasteiger partial charge in [0.15, 0.2) is 0 Å². The van der Waals surface area contributed by atoms with Gasteiger partial charge < -0.3 is 5.11 Å². The highest BCUT2D eigenvalue weighted by Crippen LogP contribution is 2.25. The summed E-state index contributed by atoms with van der Waals surface area (Å²) < 4.78 is 13.5. The van der Waals surface area contributed by atoms with Crippen molar-refractivity contribution in [1.82, 2.24) is 9.97 Å². The molecule has 2 rings (SSSR count). The van der Waals surface area contributed by atoms with Crippen LogP contribution in [0.5, 0.6) is 0 Å². The van der Waals surface area contributed by atoms with Crippen LogP contribution in [-0.2, 0) is 5.75 Å². The summed E-state index contributed by atoms with van der Waals surface area (Å²) in [6.45, 7) is 0. The number of carboxylic acids is 1. The number of thioether (sulfide) groups is 1. The molecule has 18 heavy (non-hydrogen) atoms. The number of aromatic nitrogens is 2. The Labute approximate surface area is 107 Å². The highest BCUT2D eigenvalue weighted by Gasteiger charge is 2.09. The third kappa shape index (κ3) is 3.04. The van der Waals surface area contributed by atoms with E-state index in [0.29, 0.717) is 11.6 Å². The number of nitrogens with zero attached hydrogens (tertiary/aromatic N) is 2. The van der Waals surface area contributed by atoms with E-state index < -0.39 is 11.8 Å². The first kappa shape index (κ1) is 12.5. The first-order chi connectivity index (χ1) is 8.66. The van der Waals surface area contributed by atoms with Crippen molar-refractivity contribution in [2.45, 2.75) is 10.6 Å². The van der Waals surface area contributed by atoms with E-state index in [1.165, 1.54) is 23.9 Å². The van der Waals surface area contributed by atoms with Crippen LogP contribution in [0.25, 0.3) is 0 Å². The fourth-order valence-corrected chi connectivity index (χ4v) is 2.14. The fourth-order valence-electron chi connectivity index (χ4n) is 1.29. The van der Waals surface area contributed by atoms with Gasteiger partial charge in [0.25, 0.3) is 0 Å². The maximum Gasteiger partial charge on any atom is 0.335 e. The van der Waals surface area contributed by atoms with E-state index in [2.05, 4.69) is 9.97 Å². The monoisotopic (exact) mass is 264 g/mol. The minimum Gasteiger partial charge on any atom is -0.478 e. The van der Waals surface area contributed by atoms with Gasteiger partial charge in [-0.15, -0.1) is 11.8 Å². The Kier molecular flexibility index (Phi) is 3.88. The number of hydrogen-bond acceptors (Lipinski definition) is 4. The van der Waals surface area contributed by atoms with Crippen LogP contribution in [0, 0.1) is 5.82 Å². The van der Waals surface area contributed by atoms with Gasteiger partial charge in [-0.05, 0) is 24.3 Å². The van der Waals surface area contributed by atoms with Crippen LogP contribution >= 0.6 is 11.8 Å². The molecule has 0 saturated carbocycles. The smallest absolute Gasteiger partial charge is 0.335 e. The van der Waals surface area contributed by atoms with Crippen molar-refractivity contribution in [2.24, 2.45) is 0 Å². The summed E-state index contributed by atoms with van der Waals surface area (Å²) in [4.78, 5) is 19.1. The number of benzene rings is 1. The van der Waals surface area contributed by atoms with Crippen LogP contribution in [0.15, 0.2) is 41.6 Å². The second kappa shape index (κ2) is 5.59. The van der Waals surface area contributed by atoms with Crippen LogP contribution in [0.2, 0.25) is 0 Å². The summed E-state index contributed by atoms with van der Waals surface area (Å²) in [7, 11) is 0. The molecule has 0 atom stereocenters. The average molecular weight is 264 g/mol. The summed E-state index contributed by atoms with van der Waals surface area (Å²) >= 11 is 1.17. The Hall–Kier alpha value is -1.95. The van der Waals surface area contributed by atoms with Gasteiger partial charge in [-0.2, -0.15) is 0 Å². The molecule has 1 aromatic carbocycles. The van der Waals surface area contributed by atoms with Crippen molar-refractivity contribution in [3.63, 3.8) is 0 Å². The number of aromatic carboxylic acids is 1. The molecule has 0 spiro atoms. The lowest BCUT2D eigenvalue weighted by Gasteiger charge is -2.03. The molecule has 0 unspecified atom stereocenters. The topological polar surface area (TPSA) is 63.1 Å². The lowest BCUT2D eigenvalue weighted by atomic mass is 10.2. The molecule has 1 N–H and O–H groups in total. The van der Waals surface area contributed by atoms with Crippen molar-refractivity contribution < 1.29 is 14.3 Å². The molecule has 1 heterocycles. The zero-order valence-electron chi connectivity index (χ0n) is 9.21. The van der Waals surface area contributed by atoms with E-state index in [-0.39, 0.29) is 10.5 Å². The van der Waals surface area contributed by atoms with Gasteiger partial charge in [-0.25, -0.2) is 19.2 Å². The summed E-state index contributed by atoms with van der Waals surface area (Å²) in [5, 5.41) is 8.83. The van der Waals surface area contributed by atoms with Crippen molar-refractivity contribution in [3.05, 3.63) is 53.9 Å². The molecular weight excluding hydrogens is 255 g/mol. The van der Waals surface area contributed by atoms with Gasteiger partial charge in [-0.1, -0.05) is 0 Å². The van der Waals surface area contributed by atoms with Gasteiger partial charge in [-0.3, -0.25) is 0 Å². The lowest BCUT2D eigenvalue weighted by Crippen LogP contribution is -1.97. The van der Waals surface area contributed by atoms with E-state index in [4.69, 9.17) is 5.11 Å². The maximum absolute atomic E-state index is 13.5. The number of rotatable bonds is 4. The molecule has 4 nitrogen and oxygen atoms in total. The van der Waals surface area contributed by atoms with Crippen molar-refractivity contribution in [1.29, 1.82) is 0 Å². The third-order valence-electron chi connectivity index (χ3n) is 2.15. The molecule has 0 bridgehead atoms. The Bertz CT molecular complexity index is 563. The number of hydrogen-bond donors (Lipinski definition) is 1. The van der Waals surface area contributed by atoms with E-state index in [1.807, 2.05) is 0 Å². The molecule has 0 aliphatic heterocycles. The zero-order chi connectivity index (χ0) is 13.0. The number of halogens is 1. The van der Waals surface area contributed by atoms with Gasteiger partial charge in [0.05, 0.1) is 11.3 Å². The Morgan fingerprint density at radius 1 is 1.33 bits per heavy atom. The second-order valence-corrected chi connectivity index (χ2v) is 4.42. The maximum atomic E-state index is 13.5. The molecule has 0 aliphatic carbocycles. The Balaban J connectivity index is 2.14. The van der Waals surface area contributed by atoms with Crippen LogP contribution in [-0.4, -0.2) is 21.0 Å². The van der Waals surface area contributed by atoms with Crippen LogP contribution < -0.4 is 0 Å². The summed E-state index contributed by atoms with van der Waals surface area (Å²) in [5.41, 5.74) is 0.0629. The van der Waals surface area contributed by atoms with Crippen LogP contribution in [0.4, 0.5) is 4.39 Å². The summed E-state index contributed by atoms with van der Waals surface area (Å²) in [6, 6.07) is 5.39. The van der Waals surface area contributed by atoms with Crippen molar-refractivity contribution >= 4 is 17.7 Å². The largest absolute Gasteiger partial charge is 0.478 e. The molecule has 0 amide bonds. The van der Waals surface area contributed by atoms with Crippen molar-refractivity contribution in [2.75, 3.05) is 0 Å². The predicted octanol–water partition coefficient (Wildman–Crippen LogP) is 2.61. The van der Waals surface area contributed by atoms with Gasteiger partial charge in [0.2, 0.25) is 0 Å². The fraction of sp³-hybridized carbons (Fsp3) is 0.0833. The molecule has 0 saturated heterocycles. The average Bonchev–Trinajstić information content (AvgIpc) is 2.38. The number of carboxylic acid groups (broad SMARTS) is 1. The van der Waals surface area contributed by atoms with Gasteiger partial charge in [0, 0.05) is 17.3 Å². The van der Waals surface area contributed by atoms with Crippen LogP contribution in [0.3, 0.4) is 0 Å². The molecule has 2 aromatic rings. The minimum absolute atomic E-state index is 0.0629. The second-order valence-electron chi connectivity index (χ2n) is 3.40. The Morgan fingerprint density at radius 2 is 2.06 bits per heavy atom. The normalized spacial score (nSPS) is 10.3. The van der Waals surface area contributed by atoms with E-state index in [0.717, 1.165) is 6.07 Å². The number of carbonyl (C=O) groups is 1. The molecule has 6 heteroatoms. The first-order valence-electron chi connectivity index (χ1n) is 5.08. The third-order valence-corrected chi connectivity index (χ3v) is 3.18. The molecule has 1 aromatic heterocycles. The SMILES string of the molecule is O=C(O)c1ccc(F)c(SCc2ncccn2)c1. The van der Waals surface area contributed by atoms with E-state index >= 15 is 0 Å². The van der Waals surface area contributed by atoms with Gasteiger partial charge >= 0.3 is 5.97 Å². The minimum atomic E-state index is -1.08. The van der Waals surface area contributed by atoms with E-state index in [9.17, 15) is 9.18 Å². The highest BCUT2D eigenvalue weighted by atomic mass is 32.2. The van der Waals surface area contributed by atoms with Crippen molar-refractivity contribution in [3.8, 4) is 0 Å². The quantitative estimate of drug-likeness (QED) is 0.860. The molecular formula is C12H9FN2O2S. The molecule has 0 aliphatic rings. The molecule has 92 valence electrons. The van der Waals surface area contributed by atoms with Crippen LogP contribution in [0.1, 0.15) is 16.2 Å². The first-order valence-corrected chi connectivity index (χ1v) is 6.07. The zero-order valence-corrected chi connectivity index (χ0v) is 10.0. The van der Waals surface area contributed by atoms with Gasteiger partial charge in [0.1, 0.15) is 11.6 Å². The summed E-state index contributed by atoms with van der Waals surface area (Å²) in [6.07, 6.45) is 3.21. The highest BCUT2D eigenvalue weighted by molar-refractivity contribution is 7.98. The molecule has 0 radical (unpaired) electrons. The lowest BCUT2D eigenvalue weighted by molar-refractivity contribution is 0.0696. The standard InChI is InChI=1S/C12H9FN2O2S/c13-9-3-2-8(12(16)17)6-10(9)18-7-11-14-4-1-5-15-11/h1-6H,7H2,(H,16,17).